The van der Waals surface area contributed by atoms with E-state index in [0.717, 1.165) is 29.1 Å². The highest BCUT2D eigenvalue weighted by molar-refractivity contribution is 7.99. The highest BCUT2D eigenvalue weighted by Crippen LogP contribution is 2.23. The van der Waals surface area contributed by atoms with E-state index in [4.69, 9.17) is 5.11 Å². The number of benzene rings is 1. The molecule has 0 radical (unpaired) electrons. The molecule has 1 aromatic rings. The van der Waals surface area contributed by atoms with Crippen LogP contribution in [-0.4, -0.2) is 47.1 Å². The molecular weight excluding hydrogens is 270 g/mol. The topological polar surface area (TPSA) is 40.5 Å². The van der Waals surface area contributed by atoms with Gasteiger partial charge in [0.25, 0.3) is 5.91 Å². The highest BCUT2D eigenvalue weighted by Gasteiger charge is 2.24. The maximum Gasteiger partial charge on any atom is 0.253 e. The molecule has 1 heterocycles. The molecule has 1 amide bonds. The number of hydrogen-bond acceptors (Lipinski definition) is 3. The number of thioether (sulfide) groups is 1. The van der Waals surface area contributed by atoms with Crippen molar-refractivity contribution in [3.05, 3.63) is 34.9 Å². The summed E-state index contributed by atoms with van der Waals surface area (Å²) < 4.78 is 0. The Morgan fingerprint density at radius 3 is 2.95 bits per heavy atom. The van der Waals surface area contributed by atoms with Crippen molar-refractivity contribution in [2.24, 2.45) is 0 Å². The molecule has 1 unspecified atom stereocenters. The van der Waals surface area contributed by atoms with Gasteiger partial charge in [-0.3, -0.25) is 4.79 Å². The lowest BCUT2D eigenvalue weighted by Gasteiger charge is -2.24. The lowest BCUT2D eigenvalue weighted by atomic mass is 10.0. The first kappa shape index (κ1) is 15.0. The number of aliphatic hydroxyl groups excluding tert-OH is 1. The number of aryl methyl sites for hydroxylation is 1. The second-order valence-electron chi connectivity index (χ2n) is 4.92. The molecule has 2 rings (SSSR count). The van der Waals surface area contributed by atoms with Crippen LogP contribution < -0.4 is 0 Å². The van der Waals surface area contributed by atoms with Gasteiger partial charge in [0, 0.05) is 30.0 Å². The van der Waals surface area contributed by atoms with Gasteiger partial charge in [-0.2, -0.15) is 11.8 Å². The SMILES string of the molecule is Cc1cc(C(=O)N(C)C2CCSC2)ccc1C#CCO. The van der Waals surface area contributed by atoms with Crippen molar-refractivity contribution >= 4 is 17.7 Å². The molecule has 0 spiro atoms. The predicted octanol–water partition coefficient (Wildman–Crippen LogP) is 1.92. The van der Waals surface area contributed by atoms with Gasteiger partial charge in [0.05, 0.1) is 0 Å². The summed E-state index contributed by atoms with van der Waals surface area (Å²) >= 11 is 1.90. The van der Waals surface area contributed by atoms with Gasteiger partial charge in [-0.1, -0.05) is 11.8 Å². The van der Waals surface area contributed by atoms with Gasteiger partial charge >= 0.3 is 0 Å². The van der Waals surface area contributed by atoms with Crippen LogP contribution in [0.3, 0.4) is 0 Å². The summed E-state index contributed by atoms with van der Waals surface area (Å²) in [6.07, 6.45) is 1.08. The summed E-state index contributed by atoms with van der Waals surface area (Å²) in [6, 6.07) is 5.89. The zero-order valence-electron chi connectivity index (χ0n) is 11.8. The fourth-order valence-electron chi connectivity index (χ4n) is 2.27. The van der Waals surface area contributed by atoms with Crippen molar-refractivity contribution in [3.63, 3.8) is 0 Å². The molecule has 1 atom stereocenters. The Balaban J connectivity index is 2.16. The Bertz CT molecular complexity index is 553. The number of rotatable bonds is 2. The molecule has 1 aromatic carbocycles. The van der Waals surface area contributed by atoms with E-state index in [1.165, 1.54) is 0 Å². The van der Waals surface area contributed by atoms with E-state index in [9.17, 15) is 4.79 Å². The third kappa shape index (κ3) is 3.36. The molecule has 1 fully saturated rings. The van der Waals surface area contributed by atoms with Crippen LogP contribution in [0.15, 0.2) is 18.2 Å². The largest absolute Gasteiger partial charge is 0.384 e. The van der Waals surface area contributed by atoms with Crippen molar-refractivity contribution in [2.45, 2.75) is 19.4 Å². The minimum Gasteiger partial charge on any atom is -0.384 e. The van der Waals surface area contributed by atoms with Crippen molar-refractivity contribution in [3.8, 4) is 11.8 Å². The Labute approximate surface area is 124 Å². The van der Waals surface area contributed by atoms with Gasteiger partial charge in [-0.25, -0.2) is 0 Å². The van der Waals surface area contributed by atoms with Gasteiger partial charge < -0.3 is 10.0 Å². The minimum absolute atomic E-state index is 0.0715. The molecule has 1 saturated heterocycles. The highest BCUT2D eigenvalue weighted by atomic mass is 32.2. The number of carbonyl (C=O) groups excluding carboxylic acids is 1. The quantitative estimate of drug-likeness (QED) is 0.846. The monoisotopic (exact) mass is 289 g/mol. The Hall–Kier alpha value is -1.44. The minimum atomic E-state index is -0.151. The smallest absolute Gasteiger partial charge is 0.253 e. The van der Waals surface area contributed by atoms with E-state index in [-0.39, 0.29) is 12.5 Å². The summed E-state index contributed by atoms with van der Waals surface area (Å²) in [5, 5.41) is 8.72. The predicted molar refractivity (Wildman–Crippen MR) is 83.0 cm³/mol. The van der Waals surface area contributed by atoms with Crippen LogP contribution in [0.4, 0.5) is 0 Å². The molecule has 0 saturated carbocycles. The molecule has 0 aliphatic carbocycles. The summed E-state index contributed by atoms with van der Waals surface area (Å²) in [5.74, 6) is 7.75. The summed E-state index contributed by atoms with van der Waals surface area (Å²) in [5.41, 5.74) is 2.53. The van der Waals surface area contributed by atoms with E-state index < -0.39 is 0 Å². The lowest BCUT2D eigenvalue weighted by molar-refractivity contribution is 0.0748. The summed E-state index contributed by atoms with van der Waals surface area (Å²) in [4.78, 5) is 14.3. The van der Waals surface area contributed by atoms with Gasteiger partial charge in [-0.05, 0) is 42.9 Å². The van der Waals surface area contributed by atoms with Gasteiger partial charge in [0.1, 0.15) is 6.61 Å². The Kier molecular flexibility index (Phi) is 5.11. The molecule has 0 aromatic heterocycles. The molecule has 106 valence electrons. The average molecular weight is 289 g/mol. The van der Waals surface area contributed by atoms with Crippen LogP contribution in [-0.2, 0) is 0 Å². The maximum absolute atomic E-state index is 12.4. The van der Waals surface area contributed by atoms with Gasteiger partial charge in [0.15, 0.2) is 0 Å². The fraction of sp³-hybridized carbons (Fsp3) is 0.438. The van der Waals surface area contributed by atoms with Crippen molar-refractivity contribution in [1.29, 1.82) is 0 Å². The number of amides is 1. The molecule has 1 N–H and O–H groups in total. The first-order chi connectivity index (χ1) is 9.63. The van der Waals surface area contributed by atoms with E-state index in [1.54, 1.807) is 0 Å². The molecule has 0 bridgehead atoms. The number of nitrogens with zero attached hydrogens (tertiary/aromatic N) is 1. The normalized spacial score (nSPS) is 17.4. The molecule has 4 heteroatoms. The number of aliphatic hydroxyl groups is 1. The third-order valence-corrected chi connectivity index (χ3v) is 4.69. The molecule has 1 aliphatic rings. The lowest BCUT2D eigenvalue weighted by Crippen LogP contribution is -2.37. The van der Waals surface area contributed by atoms with Crippen molar-refractivity contribution < 1.29 is 9.90 Å². The molecule has 3 nitrogen and oxygen atoms in total. The third-order valence-electron chi connectivity index (χ3n) is 3.55. The fourth-order valence-corrected chi connectivity index (χ4v) is 3.54. The Morgan fingerprint density at radius 1 is 1.55 bits per heavy atom. The number of carbonyl (C=O) groups is 1. The van der Waals surface area contributed by atoms with Crippen LogP contribution in [0.2, 0.25) is 0 Å². The summed E-state index contributed by atoms with van der Waals surface area (Å²) in [6.45, 7) is 1.78. The molecule has 20 heavy (non-hydrogen) atoms. The van der Waals surface area contributed by atoms with Crippen molar-refractivity contribution in [2.75, 3.05) is 25.2 Å². The van der Waals surface area contributed by atoms with Crippen LogP contribution in [0.5, 0.6) is 0 Å². The van der Waals surface area contributed by atoms with E-state index in [1.807, 2.05) is 48.8 Å². The second-order valence-corrected chi connectivity index (χ2v) is 6.07. The van der Waals surface area contributed by atoms with Crippen LogP contribution in [0, 0.1) is 18.8 Å². The van der Waals surface area contributed by atoms with Crippen molar-refractivity contribution in [1.82, 2.24) is 4.90 Å². The second kappa shape index (κ2) is 6.83. The zero-order chi connectivity index (χ0) is 14.5. The van der Waals surface area contributed by atoms with Gasteiger partial charge in [-0.15, -0.1) is 0 Å². The number of hydrogen-bond donors (Lipinski definition) is 1. The van der Waals surface area contributed by atoms with E-state index in [0.29, 0.717) is 11.6 Å². The standard InChI is InChI=1S/C16H19NO2S/c1-12-10-14(6-5-13(12)4-3-8-18)16(19)17(2)15-7-9-20-11-15/h5-6,10,15,18H,7-9,11H2,1-2H3. The molecular formula is C16H19NO2S. The van der Waals surface area contributed by atoms with E-state index in [2.05, 4.69) is 11.8 Å². The summed E-state index contributed by atoms with van der Waals surface area (Å²) in [7, 11) is 1.88. The van der Waals surface area contributed by atoms with Crippen LogP contribution in [0.1, 0.15) is 27.9 Å². The van der Waals surface area contributed by atoms with Gasteiger partial charge in [0.2, 0.25) is 0 Å². The first-order valence-corrected chi connectivity index (χ1v) is 7.84. The molecule has 1 aliphatic heterocycles. The van der Waals surface area contributed by atoms with Crippen LogP contribution in [0.25, 0.3) is 0 Å². The first-order valence-electron chi connectivity index (χ1n) is 6.68. The maximum atomic E-state index is 12.4. The van der Waals surface area contributed by atoms with Crippen LogP contribution >= 0.6 is 11.8 Å². The zero-order valence-corrected chi connectivity index (χ0v) is 12.7. The average Bonchev–Trinajstić information content (AvgIpc) is 2.98. The van der Waals surface area contributed by atoms with E-state index >= 15 is 0 Å². The Morgan fingerprint density at radius 2 is 2.35 bits per heavy atom.